The van der Waals surface area contributed by atoms with Crippen molar-refractivity contribution in [1.82, 2.24) is 4.90 Å². The Morgan fingerprint density at radius 1 is 1.21 bits per heavy atom. The molecule has 1 saturated heterocycles. The Labute approximate surface area is 111 Å². The van der Waals surface area contributed by atoms with E-state index < -0.39 is 12.0 Å². The lowest BCUT2D eigenvalue weighted by molar-refractivity contribution is -0.157. The lowest BCUT2D eigenvalue weighted by Crippen LogP contribution is -2.49. The molecule has 3 rings (SSSR count). The topological polar surface area (TPSA) is 74.7 Å². The number of carboxylic acid groups (broad SMARTS) is 1. The molecule has 5 atom stereocenters. The van der Waals surface area contributed by atoms with E-state index in [-0.39, 0.29) is 41.4 Å². The Morgan fingerprint density at radius 3 is 2.05 bits per heavy atom. The number of aliphatic carboxylic acids is 1. The lowest BCUT2D eigenvalue weighted by Gasteiger charge is -2.27. The molecular formula is C14H17NO4. The number of likely N-dealkylation sites (tertiary alicyclic amines) is 1. The van der Waals surface area contributed by atoms with E-state index in [1.807, 2.05) is 12.2 Å². The van der Waals surface area contributed by atoms with Crippen molar-refractivity contribution in [3.63, 3.8) is 0 Å². The second-order valence-electron chi connectivity index (χ2n) is 6.07. The molecule has 3 aliphatic rings. The minimum atomic E-state index is -1.10. The first-order chi connectivity index (χ1) is 8.93. The molecule has 2 aliphatic carbocycles. The summed E-state index contributed by atoms with van der Waals surface area (Å²) >= 11 is 0. The largest absolute Gasteiger partial charge is 0.480 e. The van der Waals surface area contributed by atoms with Gasteiger partial charge in [0, 0.05) is 0 Å². The van der Waals surface area contributed by atoms with Crippen LogP contribution in [0.2, 0.25) is 0 Å². The summed E-state index contributed by atoms with van der Waals surface area (Å²) in [5, 5.41) is 9.29. The van der Waals surface area contributed by atoms with Gasteiger partial charge in [-0.25, -0.2) is 4.79 Å². The van der Waals surface area contributed by atoms with Crippen molar-refractivity contribution in [2.24, 2.45) is 29.6 Å². The van der Waals surface area contributed by atoms with Crippen LogP contribution < -0.4 is 0 Å². The van der Waals surface area contributed by atoms with Crippen molar-refractivity contribution < 1.29 is 19.5 Å². The second-order valence-corrected chi connectivity index (χ2v) is 6.07. The van der Waals surface area contributed by atoms with Gasteiger partial charge in [0.1, 0.15) is 6.04 Å². The van der Waals surface area contributed by atoms with Gasteiger partial charge in [0.25, 0.3) is 0 Å². The molecule has 1 N–H and O–H groups in total. The number of nitrogens with zero attached hydrogens (tertiary/aromatic N) is 1. The van der Waals surface area contributed by atoms with Gasteiger partial charge in [0.2, 0.25) is 11.8 Å². The highest BCUT2D eigenvalue weighted by Crippen LogP contribution is 2.53. The summed E-state index contributed by atoms with van der Waals surface area (Å²) in [6.45, 7) is 3.45. The van der Waals surface area contributed by atoms with Gasteiger partial charge in [-0.1, -0.05) is 26.0 Å². The number of fused-ring (bicyclic) bond motifs is 5. The zero-order valence-electron chi connectivity index (χ0n) is 10.9. The van der Waals surface area contributed by atoms with Crippen LogP contribution in [-0.2, 0) is 14.4 Å². The number of amides is 2. The first kappa shape index (κ1) is 12.4. The maximum absolute atomic E-state index is 12.4. The van der Waals surface area contributed by atoms with E-state index in [0.717, 1.165) is 11.3 Å². The zero-order valence-corrected chi connectivity index (χ0v) is 10.9. The molecule has 0 spiro atoms. The monoisotopic (exact) mass is 263 g/mol. The van der Waals surface area contributed by atoms with Gasteiger partial charge in [-0.3, -0.25) is 14.5 Å². The molecule has 1 saturated carbocycles. The van der Waals surface area contributed by atoms with Crippen LogP contribution in [0.3, 0.4) is 0 Å². The molecule has 0 radical (unpaired) electrons. The standard InChI is InChI=1S/C14H17NO4/c1-6(2)11(14(18)19)15-12(16)9-7-3-4-8(5-7)10(9)13(15)17/h3-4,6-11H,5H2,1-2H3,(H,18,19)/t7-,8-,9+,10+,11+/m0/s1. The fourth-order valence-corrected chi connectivity index (χ4v) is 3.89. The number of carboxylic acids is 1. The highest BCUT2D eigenvalue weighted by molar-refractivity contribution is 6.08. The summed E-state index contributed by atoms with van der Waals surface area (Å²) in [6.07, 6.45) is 4.87. The van der Waals surface area contributed by atoms with Crippen LogP contribution in [0.4, 0.5) is 0 Å². The molecule has 19 heavy (non-hydrogen) atoms. The van der Waals surface area contributed by atoms with E-state index in [9.17, 15) is 19.5 Å². The van der Waals surface area contributed by atoms with Crippen molar-refractivity contribution in [1.29, 1.82) is 0 Å². The quantitative estimate of drug-likeness (QED) is 0.606. The van der Waals surface area contributed by atoms with Gasteiger partial charge in [0.05, 0.1) is 11.8 Å². The van der Waals surface area contributed by atoms with Crippen LogP contribution >= 0.6 is 0 Å². The van der Waals surface area contributed by atoms with E-state index in [1.54, 1.807) is 13.8 Å². The Morgan fingerprint density at radius 2 is 1.68 bits per heavy atom. The lowest BCUT2D eigenvalue weighted by atomic mass is 9.85. The van der Waals surface area contributed by atoms with Gasteiger partial charge >= 0.3 is 5.97 Å². The second kappa shape index (κ2) is 3.92. The number of carbonyl (C=O) groups is 3. The number of hydrogen-bond donors (Lipinski definition) is 1. The third kappa shape index (κ3) is 1.50. The molecule has 2 bridgehead atoms. The van der Waals surface area contributed by atoms with E-state index in [2.05, 4.69) is 0 Å². The maximum atomic E-state index is 12.4. The normalized spacial score (nSPS) is 37.3. The average molecular weight is 263 g/mol. The summed E-state index contributed by atoms with van der Waals surface area (Å²) in [5.74, 6) is -2.34. The van der Waals surface area contributed by atoms with Gasteiger partial charge < -0.3 is 5.11 Å². The molecule has 0 aromatic heterocycles. The van der Waals surface area contributed by atoms with Gasteiger partial charge in [-0.15, -0.1) is 0 Å². The van der Waals surface area contributed by atoms with Gasteiger partial charge in [-0.05, 0) is 24.2 Å². The first-order valence-corrected chi connectivity index (χ1v) is 6.71. The predicted molar refractivity (Wildman–Crippen MR) is 65.8 cm³/mol. The summed E-state index contributed by atoms with van der Waals surface area (Å²) < 4.78 is 0. The van der Waals surface area contributed by atoms with Crippen molar-refractivity contribution in [3.05, 3.63) is 12.2 Å². The van der Waals surface area contributed by atoms with Crippen LogP contribution in [0, 0.1) is 29.6 Å². The molecule has 1 aliphatic heterocycles. The molecular weight excluding hydrogens is 246 g/mol. The third-order valence-corrected chi connectivity index (χ3v) is 4.67. The van der Waals surface area contributed by atoms with Crippen LogP contribution in [0.25, 0.3) is 0 Å². The van der Waals surface area contributed by atoms with Crippen LogP contribution in [0.1, 0.15) is 20.3 Å². The Bertz CT molecular complexity index is 466. The van der Waals surface area contributed by atoms with Gasteiger partial charge in [-0.2, -0.15) is 0 Å². The van der Waals surface area contributed by atoms with Crippen LogP contribution in [-0.4, -0.2) is 33.8 Å². The third-order valence-electron chi connectivity index (χ3n) is 4.67. The summed E-state index contributed by atoms with van der Waals surface area (Å²) in [4.78, 5) is 37.3. The zero-order chi connectivity index (χ0) is 13.9. The number of imide groups is 1. The fraction of sp³-hybridized carbons (Fsp3) is 0.643. The van der Waals surface area contributed by atoms with Crippen LogP contribution in [0.15, 0.2) is 12.2 Å². The van der Waals surface area contributed by atoms with Gasteiger partial charge in [0.15, 0.2) is 0 Å². The Hall–Kier alpha value is -1.65. The molecule has 5 heteroatoms. The smallest absolute Gasteiger partial charge is 0.327 e. The van der Waals surface area contributed by atoms with Crippen LogP contribution in [0.5, 0.6) is 0 Å². The Balaban J connectivity index is 1.96. The highest BCUT2D eigenvalue weighted by Gasteiger charge is 2.61. The summed E-state index contributed by atoms with van der Waals surface area (Å²) in [5.41, 5.74) is 0. The van der Waals surface area contributed by atoms with Crippen molar-refractivity contribution in [2.75, 3.05) is 0 Å². The van der Waals surface area contributed by atoms with Crippen molar-refractivity contribution >= 4 is 17.8 Å². The molecule has 0 aromatic rings. The molecule has 102 valence electrons. The Kier molecular flexibility index (Phi) is 2.56. The predicted octanol–water partition coefficient (Wildman–Crippen LogP) is 0.903. The van der Waals surface area contributed by atoms with Crippen molar-refractivity contribution in [3.8, 4) is 0 Å². The molecule has 5 nitrogen and oxygen atoms in total. The number of carbonyl (C=O) groups excluding carboxylic acids is 2. The van der Waals surface area contributed by atoms with E-state index in [1.165, 1.54) is 0 Å². The highest BCUT2D eigenvalue weighted by atomic mass is 16.4. The molecule has 2 fully saturated rings. The number of allylic oxidation sites excluding steroid dienone is 2. The number of hydrogen-bond acceptors (Lipinski definition) is 3. The minimum Gasteiger partial charge on any atom is -0.480 e. The maximum Gasteiger partial charge on any atom is 0.327 e. The van der Waals surface area contributed by atoms with E-state index in [0.29, 0.717) is 0 Å². The van der Waals surface area contributed by atoms with E-state index in [4.69, 9.17) is 0 Å². The first-order valence-electron chi connectivity index (χ1n) is 6.71. The van der Waals surface area contributed by atoms with Crippen molar-refractivity contribution in [2.45, 2.75) is 26.3 Å². The summed E-state index contributed by atoms with van der Waals surface area (Å²) in [7, 11) is 0. The molecule has 2 amide bonds. The molecule has 0 aromatic carbocycles. The van der Waals surface area contributed by atoms with E-state index >= 15 is 0 Å². The average Bonchev–Trinajstić information content (AvgIpc) is 2.97. The number of rotatable bonds is 3. The minimum absolute atomic E-state index is 0.123. The summed E-state index contributed by atoms with van der Waals surface area (Å²) in [6, 6.07) is -1.04. The SMILES string of the molecule is CC(C)[C@H](C(=O)O)N1C(=O)[C@H]2[C@H](C1=O)[C@H]1C=C[C@H]2C1. The molecule has 0 unspecified atom stereocenters. The fourth-order valence-electron chi connectivity index (χ4n) is 3.89. The molecule has 1 heterocycles.